The average molecular weight is 201 g/mol. The van der Waals surface area contributed by atoms with E-state index in [0.717, 1.165) is 11.1 Å². The number of benzene rings is 1. The standard InChI is InChI=1S/C8H10O3S.CH4/c1-6-3-7(2)5-8(4-6)12(9,10)11;/h3-5H,1-2H3,(H,9,10,11);1H4/p-1. The molecule has 0 aliphatic rings. The second kappa shape index (κ2) is 3.89. The Morgan fingerprint density at radius 1 is 1.08 bits per heavy atom. The molecule has 13 heavy (non-hydrogen) atoms. The summed E-state index contributed by atoms with van der Waals surface area (Å²) in [6.07, 6.45) is 0. The maximum atomic E-state index is 10.6. The van der Waals surface area contributed by atoms with Gasteiger partial charge in [-0.3, -0.25) is 0 Å². The van der Waals surface area contributed by atoms with Crippen LogP contribution >= 0.6 is 0 Å². The summed E-state index contributed by atoms with van der Waals surface area (Å²) < 4.78 is 31.7. The molecular weight excluding hydrogens is 188 g/mol. The molecule has 0 aromatic heterocycles. The molecular formula is C9H13O3S-. The summed E-state index contributed by atoms with van der Waals surface area (Å²) in [6, 6.07) is 4.55. The quantitative estimate of drug-likeness (QED) is 0.651. The fourth-order valence-corrected chi connectivity index (χ4v) is 1.74. The molecule has 74 valence electrons. The van der Waals surface area contributed by atoms with Gasteiger partial charge in [0.15, 0.2) is 0 Å². The molecule has 0 saturated carbocycles. The average Bonchev–Trinajstić information content (AvgIpc) is 1.82. The van der Waals surface area contributed by atoms with E-state index in [-0.39, 0.29) is 12.3 Å². The summed E-state index contributed by atoms with van der Waals surface area (Å²) in [5.74, 6) is 0. The second-order valence-electron chi connectivity index (χ2n) is 2.78. The molecule has 0 spiro atoms. The van der Waals surface area contributed by atoms with Crippen LogP contribution in [0, 0.1) is 13.8 Å². The predicted octanol–water partition coefficient (Wildman–Crippen LogP) is 1.84. The smallest absolute Gasteiger partial charge is 0.124 e. The molecule has 1 aromatic rings. The molecule has 0 aliphatic heterocycles. The zero-order chi connectivity index (χ0) is 9.35. The van der Waals surface area contributed by atoms with Crippen molar-refractivity contribution in [2.24, 2.45) is 0 Å². The molecule has 1 rings (SSSR count). The Labute approximate surface area is 79.2 Å². The zero-order valence-electron chi connectivity index (χ0n) is 6.87. The van der Waals surface area contributed by atoms with E-state index in [2.05, 4.69) is 0 Å². The van der Waals surface area contributed by atoms with E-state index in [1.165, 1.54) is 12.1 Å². The Balaban J connectivity index is 0.00000144. The predicted molar refractivity (Wildman–Crippen MR) is 50.6 cm³/mol. The van der Waals surface area contributed by atoms with Crippen LogP contribution in [0.2, 0.25) is 0 Å². The first kappa shape index (κ1) is 12.1. The minimum atomic E-state index is -4.30. The van der Waals surface area contributed by atoms with Crippen LogP contribution in [0.1, 0.15) is 18.6 Å². The maximum absolute atomic E-state index is 10.6. The Hall–Kier alpha value is -0.870. The molecule has 0 amide bonds. The first-order chi connectivity index (χ1) is 5.39. The van der Waals surface area contributed by atoms with Crippen LogP contribution in [-0.4, -0.2) is 13.0 Å². The van der Waals surface area contributed by atoms with E-state index in [1.54, 1.807) is 13.8 Å². The van der Waals surface area contributed by atoms with Gasteiger partial charge in [-0.05, 0) is 37.1 Å². The van der Waals surface area contributed by atoms with Crippen molar-refractivity contribution in [3.8, 4) is 0 Å². The van der Waals surface area contributed by atoms with Crippen LogP contribution in [0.25, 0.3) is 0 Å². The Morgan fingerprint density at radius 2 is 1.46 bits per heavy atom. The van der Waals surface area contributed by atoms with Crippen molar-refractivity contribution in [2.75, 3.05) is 0 Å². The molecule has 0 radical (unpaired) electrons. The van der Waals surface area contributed by atoms with Gasteiger partial charge in [0.05, 0.1) is 4.90 Å². The Morgan fingerprint density at radius 3 is 1.77 bits per heavy atom. The highest BCUT2D eigenvalue weighted by atomic mass is 32.2. The first-order valence-corrected chi connectivity index (χ1v) is 4.84. The second-order valence-corrected chi connectivity index (χ2v) is 4.16. The zero-order valence-corrected chi connectivity index (χ0v) is 7.68. The topological polar surface area (TPSA) is 57.2 Å². The molecule has 1 aromatic carbocycles. The lowest BCUT2D eigenvalue weighted by Crippen LogP contribution is -1.99. The molecule has 0 N–H and O–H groups in total. The number of rotatable bonds is 1. The third-order valence-electron chi connectivity index (χ3n) is 1.48. The largest absolute Gasteiger partial charge is 0.744 e. The van der Waals surface area contributed by atoms with E-state index in [1.807, 2.05) is 6.07 Å². The van der Waals surface area contributed by atoms with Gasteiger partial charge in [-0.2, -0.15) is 0 Å². The molecule has 0 unspecified atom stereocenters. The number of aryl methyl sites for hydroxylation is 2. The molecule has 0 aliphatic carbocycles. The molecule has 3 nitrogen and oxygen atoms in total. The van der Waals surface area contributed by atoms with Crippen LogP contribution in [0.4, 0.5) is 0 Å². The summed E-state index contributed by atoms with van der Waals surface area (Å²) in [5.41, 5.74) is 1.56. The molecule has 0 bridgehead atoms. The summed E-state index contributed by atoms with van der Waals surface area (Å²) >= 11 is 0. The minimum absolute atomic E-state index is 0. The van der Waals surface area contributed by atoms with Gasteiger partial charge in [-0.15, -0.1) is 0 Å². The summed E-state index contributed by atoms with van der Waals surface area (Å²) in [5, 5.41) is 0. The maximum Gasteiger partial charge on any atom is 0.124 e. The van der Waals surface area contributed by atoms with Crippen molar-refractivity contribution in [1.82, 2.24) is 0 Å². The first-order valence-electron chi connectivity index (χ1n) is 3.44. The van der Waals surface area contributed by atoms with E-state index < -0.39 is 10.1 Å². The normalized spacial score (nSPS) is 10.7. The van der Waals surface area contributed by atoms with Gasteiger partial charge in [0, 0.05) is 0 Å². The van der Waals surface area contributed by atoms with Gasteiger partial charge < -0.3 is 4.55 Å². The van der Waals surface area contributed by atoms with E-state index in [9.17, 15) is 13.0 Å². The van der Waals surface area contributed by atoms with Crippen LogP contribution in [0.15, 0.2) is 23.1 Å². The highest BCUT2D eigenvalue weighted by Gasteiger charge is 2.01. The number of hydrogen-bond donors (Lipinski definition) is 0. The van der Waals surface area contributed by atoms with E-state index in [4.69, 9.17) is 0 Å². The third-order valence-corrected chi connectivity index (χ3v) is 2.30. The van der Waals surface area contributed by atoms with Gasteiger partial charge in [-0.1, -0.05) is 13.5 Å². The number of hydrogen-bond acceptors (Lipinski definition) is 3. The summed E-state index contributed by atoms with van der Waals surface area (Å²) in [7, 11) is -4.30. The molecule has 4 heteroatoms. The van der Waals surface area contributed by atoms with Gasteiger partial charge in [0.2, 0.25) is 0 Å². The van der Waals surface area contributed by atoms with Gasteiger partial charge in [0.1, 0.15) is 10.1 Å². The minimum Gasteiger partial charge on any atom is -0.744 e. The van der Waals surface area contributed by atoms with Crippen LogP contribution < -0.4 is 0 Å². The Bertz CT molecular complexity index is 373. The SMILES string of the molecule is C.Cc1cc(C)cc(S(=O)(=O)[O-])c1. The van der Waals surface area contributed by atoms with E-state index >= 15 is 0 Å². The lowest BCUT2D eigenvalue weighted by Gasteiger charge is -2.08. The van der Waals surface area contributed by atoms with Crippen molar-refractivity contribution in [1.29, 1.82) is 0 Å². The van der Waals surface area contributed by atoms with Gasteiger partial charge >= 0.3 is 0 Å². The molecule has 0 saturated heterocycles. The van der Waals surface area contributed by atoms with Crippen molar-refractivity contribution >= 4 is 10.1 Å². The highest BCUT2D eigenvalue weighted by Crippen LogP contribution is 2.13. The molecule has 0 heterocycles. The molecule has 0 atom stereocenters. The summed E-state index contributed by atoms with van der Waals surface area (Å²) in [4.78, 5) is -0.153. The van der Waals surface area contributed by atoms with Crippen LogP contribution in [0.5, 0.6) is 0 Å². The van der Waals surface area contributed by atoms with Gasteiger partial charge in [0.25, 0.3) is 0 Å². The fourth-order valence-electron chi connectivity index (χ4n) is 1.08. The summed E-state index contributed by atoms with van der Waals surface area (Å²) in [6.45, 7) is 3.50. The lowest BCUT2D eigenvalue weighted by atomic mass is 10.2. The van der Waals surface area contributed by atoms with Crippen molar-refractivity contribution < 1.29 is 13.0 Å². The Kier molecular flexibility index (Phi) is 3.63. The van der Waals surface area contributed by atoms with E-state index in [0.29, 0.717) is 0 Å². The molecule has 0 fully saturated rings. The van der Waals surface area contributed by atoms with Gasteiger partial charge in [-0.25, -0.2) is 8.42 Å². The van der Waals surface area contributed by atoms with Crippen molar-refractivity contribution in [3.63, 3.8) is 0 Å². The lowest BCUT2D eigenvalue weighted by molar-refractivity contribution is 0.463. The monoisotopic (exact) mass is 201 g/mol. The van der Waals surface area contributed by atoms with Crippen LogP contribution in [0.3, 0.4) is 0 Å². The van der Waals surface area contributed by atoms with Crippen molar-refractivity contribution in [2.45, 2.75) is 26.2 Å². The van der Waals surface area contributed by atoms with Crippen molar-refractivity contribution in [3.05, 3.63) is 29.3 Å². The highest BCUT2D eigenvalue weighted by molar-refractivity contribution is 7.85. The fraction of sp³-hybridized carbons (Fsp3) is 0.333. The third kappa shape index (κ3) is 3.16. The van der Waals surface area contributed by atoms with Crippen LogP contribution in [-0.2, 0) is 10.1 Å².